The zero-order chi connectivity index (χ0) is 27.1. The highest BCUT2D eigenvalue weighted by atomic mass is 16.5. The van der Waals surface area contributed by atoms with Gasteiger partial charge < -0.3 is 19.4 Å². The van der Waals surface area contributed by atoms with Crippen LogP contribution in [0.1, 0.15) is 44.6 Å². The zero-order valence-electron chi connectivity index (χ0n) is 22.4. The Bertz CT molecular complexity index is 1430. The molecule has 2 heterocycles. The summed E-state index contributed by atoms with van der Waals surface area (Å²) in [6.45, 7) is 3.55. The number of carbonyl (C=O) groups is 3. The Balaban J connectivity index is 1.21. The van der Waals surface area contributed by atoms with Gasteiger partial charge in [0.2, 0.25) is 11.9 Å². The molecule has 7 rings (SSSR count). The van der Waals surface area contributed by atoms with Gasteiger partial charge in [0.25, 0.3) is 0 Å². The van der Waals surface area contributed by atoms with Crippen LogP contribution in [0.4, 0.5) is 10.7 Å². The van der Waals surface area contributed by atoms with Gasteiger partial charge in [-0.15, -0.1) is 0 Å². The Labute approximate surface area is 227 Å². The van der Waals surface area contributed by atoms with Crippen molar-refractivity contribution in [3.05, 3.63) is 42.0 Å². The van der Waals surface area contributed by atoms with Gasteiger partial charge in [-0.1, -0.05) is 19.1 Å². The van der Waals surface area contributed by atoms with Crippen molar-refractivity contribution in [3.63, 3.8) is 0 Å². The third-order valence-corrected chi connectivity index (χ3v) is 8.77. The first-order valence-corrected chi connectivity index (χ1v) is 13.8. The first-order valence-electron chi connectivity index (χ1n) is 13.8. The first kappa shape index (κ1) is 25.4. The number of H-pyrrole nitrogens is 1. The maximum atomic E-state index is 13.8. The lowest BCUT2D eigenvalue weighted by Crippen LogP contribution is -2.41. The van der Waals surface area contributed by atoms with E-state index in [0.29, 0.717) is 56.1 Å². The van der Waals surface area contributed by atoms with Crippen LogP contribution < -0.4 is 10.1 Å². The molecule has 2 aromatic carbocycles. The van der Waals surface area contributed by atoms with Crippen molar-refractivity contribution in [2.24, 2.45) is 23.7 Å². The quantitative estimate of drug-likeness (QED) is 0.482. The molecule has 2 N–H and O–H groups in total. The van der Waals surface area contributed by atoms with Crippen LogP contribution in [0.5, 0.6) is 5.75 Å². The molecule has 3 aliphatic carbocycles. The van der Waals surface area contributed by atoms with Crippen molar-refractivity contribution in [3.8, 4) is 16.9 Å². The molecule has 4 atom stereocenters. The third kappa shape index (κ3) is 5.10. The van der Waals surface area contributed by atoms with E-state index in [-0.39, 0.29) is 17.7 Å². The molecule has 2 amide bonds. The first-order chi connectivity index (χ1) is 18.9. The molecule has 9 heteroatoms. The van der Waals surface area contributed by atoms with Gasteiger partial charge in [0.1, 0.15) is 18.1 Å². The summed E-state index contributed by atoms with van der Waals surface area (Å²) in [6, 6.07) is 11.9. The van der Waals surface area contributed by atoms with Crippen LogP contribution in [0, 0.1) is 23.7 Å². The Morgan fingerprint density at radius 3 is 2.82 bits per heavy atom. The molecule has 4 aliphatic rings. The number of aromatic amines is 1. The maximum Gasteiger partial charge on any atom is 0.413 e. The number of Topliss-reactive ketones (excluding diaryl/α,β-unsaturated/α-hetero) is 1. The summed E-state index contributed by atoms with van der Waals surface area (Å²) < 4.78 is 10.7. The van der Waals surface area contributed by atoms with Crippen molar-refractivity contribution in [2.45, 2.75) is 45.6 Å². The molecule has 3 saturated carbocycles. The van der Waals surface area contributed by atoms with Crippen molar-refractivity contribution in [2.75, 3.05) is 25.6 Å². The molecular formula is C30H34N4O5. The van der Waals surface area contributed by atoms with Gasteiger partial charge in [0.05, 0.1) is 24.7 Å². The average molecular weight is 531 g/mol. The second-order valence-electron chi connectivity index (χ2n) is 11.2. The lowest BCUT2D eigenvalue weighted by Gasteiger charge is -2.37. The van der Waals surface area contributed by atoms with Crippen LogP contribution in [0.15, 0.2) is 36.4 Å². The number of ether oxygens (including phenoxy) is 2. The van der Waals surface area contributed by atoms with E-state index in [1.54, 1.807) is 0 Å². The van der Waals surface area contributed by atoms with Crippen LogP contribution in [-0.2, 0) is 20.9 Å². The number of methoxy groups -OCH3 is 1. The summed E-state index contributed by atoms with van der Waals surface area (Å²) >= 11 is 0. The van der Waals surface area contributed by atoms with Gasteiger partial charge in [0, 0.05) is 30.9 Å². The number of hydrogen-bond acceptors (Lipinski definition) is 6. The van der Waals surface area contributed by atoms with E-state index in [9.17, 15) is 14.4 Å². The van der Waals surface area contributed by atoms with Gasteiger partial charge >= 0.3 is 6.09 Å². The van der Waals surface area contributed by atoms with E-state index in [1.807, 2.05) is 35.2 Å². The minimum atomic E-state index is -0.589. The predicted molar refractivity (Wildman–Crippen MR) is 146 cm³/mol. The van der Waals surface area contributed by atoms with Crippen LogP contribution in [0.25, 0.3) is 22.2 Å². The van der Waals surface area contributed by atoms with Gasteiger partial charge in [-0.3, -0.25) is 14.9 Å². The minimum Gasteiger partial charge on any atom is -0.491 e. The number of imidazole rings is 1. The van der Waals surface area contributed by atoms with Crippen molar-refractivity contribution in [1.29, 1.82) is 0 Å². The van der Waals surface area contributed by atoms with E-state index < -0.39 is 6.09 Å². The Hall–Kier alpha value is -3.88. The predicted octanol–water partition coefficient (Wildman–Crippen LogP) is 5.16. The number of nitrogens with zero attached hydrogens (tertiary/aromatic N) is 2. The second-order valence-corrected chi connectivity index (χ2v) is 11.2. The number of benzene rings is 2. The molecule has 2 bridgehead atoms. The van der Waals surface area contributed by atoms with E-state index in [2.05, 4.69) is 33.0 Å². The fourth-order valence-electron chi connectivity index (χ4n) is 6.74. The molecule has 3 fully saturated rings. The SMILES string of the molecule is COC(=O)Nc1nc2ccc(-c3ccc4c(c3)CN(C(=O)C(C)C3CC5CCC3CC(=O)C5)CCO4)cc2[nH]1. The standard InChI is InChI=1S/C30H34N4O5/c1-17(24-12-18-3-4-21(24)14-23(35)11-18)28(36)34-9-10-39-27-8-6-19(13-22(27)16-34)20-5-7-25-26(15-20)32-29(31-25)33-30(37)38-2/h5-8,13,15,17-18,21,24H,3-4,9-12,14,16H2,1-2H3,(H2,31,32,33,37). The third-order valence-electron chi connectivity index (χ3n) is 8.77. The smallest absolute Gasteiger partial charge is 0.413 e. The highest BCUT2D eigenvalue weighted by Gasteiger charge is 2.42. The van der Waals surface area contributed by atoms with E-state index in [0.717, 1.165) is 52.7 Å². The molecule has 39 heavy (non-hydrogen) atoms. The number of fused-ring (bicyclic) bond motifs is 6. The van der Waals surface area contributed by atoms with Crippen LogP contribution in [0.3, 0.4) is 0 Å². The van der Waals surface area contributed by atoms with Crippen molar-refractivity contribution < 1.29 is 23.9 Å². The molecule has 9 nitrogen and oxygen atoms in total. The molecule has 3 aromatic rings. The largest absolute Gasteiger partial charge is 0.491 e. The average Bonchev–Trinajstić information content (AvgIpc) is 3.05. The Morgan fingerprint density at radius 1 is 1.15 bits per heavy atom. The fourth-order valence-corrected chi connectivity index (χ4v) is 6.74. The number of rotatable bonds is 4. The fraction of sp³-hybridized carbons (Fsp3) is 0.467. The summed E-state index contributed by atoms with van der Waals surface area (Å²) in [5.74, 6) is 2.59. The number of amides is 2. The summed E-state index contributed by atoms with van der Waals surface area (Å²) in [6.07, 6.45) is 3.91. The topological polar surface area (TPSA) is 114 Å². The maximum absolute atomic E-state index is 13.8. The number of nitrogens with one attached hydrogen (secondary N) is 2. The van der Waals surface area contributed by atoms with Crippen LogP contribution in [0.2, 0.25) is 0 Å². The summed E-state index contributed by atoms with van der Waals surface area (Å²) in [4.78, 5) is 47.0. The van der Waals surface area contributed by atoms with Crippen LogP contribution in [-0.4, -0.2) is 52.9 Å². The van der Waals surface area contributed by atoms with E-state index in [4.69, 9.17) is 4.74 Å². The molecule has 0 saturated heterocycles. The highest BCUT2D eigenvalue weighted by molar-refractivity contribution is 5.88. The number of carbonyl (C=O) groups excluding carboxylic acids is 3. The normalized spacial score (nSPS) is 23.4. The van der Waals surface area contributed by atoms with E-state index >= 15 is 0 Å². The molecule has 4 unspecified atom stereocenters. The number of ketones is 1. The zero-order valence-corrected chi connectivity index (χ0v) is 22.4. The van der Waals surface area contributed by atoms with E-state index in [1.165, 1.54) is 7.11 Å². The molecule has 1 aromatic heterocycles. The van der Waals surface area contributed by atoms with Gasteiger partial charge in [0.15, 0.2) is 0 Å². The van der Waals surface area contributed by atoms with Gasteiger partial charge in [-0.05, 0) is 72.4 Å². The van der Waals surface area contributed by atoms with Gasteiger partial charge in [-0.25, -0.2) is 9.78 Å². The van der Waals surface area contributed by atoms with Crippen LogP contribution >= 0.6 is 0 Å². The Morgan fingerprint density at radius 2 is 1.97 bits per heavy atom. The van der Waals surface area contributed by atoms with Crippen molar-refractivity contribution >= 4 is 34.8 Å². The monoisotopic (exact) mass is 530 g/mol. The molecular weight excluding hydrogens is 496 g/mol. The second kappa shape index (κ2) is 10.4. The highest BCUT2D eigenvalue weighted by Crippen LogP contribution is 2.45. The van der Waals surface area contributed by atoms with Crippen molar-refractivity contribution in [1.82, 2.24) is 14.9 Å². The molecule has 0 radical (unpaired) electrons. The summed E-state index contributed by atoms with van der Waals surface area (Å²) in [7, 11) is 1.30. The molecule has 0 spiro atoms. The Kier molecular flexibility index (Phi) is 6.74. The summed E-state index contributed by atoms with van der Waals surface area (Å²) in [5.41, 5.74) is 4.46. The number of aromatic nitrogens is 2. The minimum absolute atomic E-state index is 0.107. The lowest BCUT2D eigenvalue weighted by molar-refractivity contribution is -0.139. The summed E-state index contributed by atoms with van der Waals surface area (Å²) in [5, 5.41) is 2.55. The number of anilines is 1. The molecule has 204 valence electrons. The van der Waals surface area contributed by atoms with Gasteiger partial charge in [-0.2, -0.15) is 0 Å². The lowest BCUT2D eigenvalue weighted by atomic mass is 9.70. The number of hydrogen-bond donors (Lipinski definition) is 2. The molecule has 1 aliphatic heterocycles.